The van der Waals surface area contributed by atoms with Crippen molar-refractivity contribution in [2.75, 3.05) is 13.1 Å². The molecule has 0 saturated carbocycles. The van der Waals surface area contributed by atoms with Gasteiger partial charge >= 0.3 is 12.1 Å². The Balaban J connectivity index is 2.09. The summed E-state index contributed by atoms with van der Waals surface area (Å²) >= 11 is 5.92. The third-order valence-electron chi connectivity index (χ3n) is 4.04. The molecule has 1 heterocycles. The Kier molecular flexibility index (Phi) is 6.11. The van der Waals surface area contributed by atoms with Gasteiger partial charge in [0.15, 0.2) is 0 Å². The van der Waals surface area contributed by atoms with Gasteiger partial charge in [0.25, 0.3) is 0 Å². The van der Waals surface area contributed by atoms with Crippen LogP contribution < -0.4 is 0 Å². The largest absolute Gasteiger partial charge is 0.478 e. The number of benzene rings is 1. The molecule has 136 valence electrons. The number of piperidine rings is 1. The van der Waals surface area contributed by atoms with Crippen LogP contribution in [0.15, 0.2) is 30.3 Å². The van der Waals surface area contributed by atoms with Crippen LogP contribution >= 0.6 is 11.6 Å². The van der Waals surface area contributed by atoms with Gasteiger partial charge in [-0.1, -0.05) is 23.7 Å². The average Bonchev–Trinajstić information content (AvgIpc) is 2.52. The van der Waals surface area contributed by atoms with E-state index in [1.165, 1.54) is 6.08 Å². The lowest BCUT2D eigenvalue weighted by Crippen LogP contribution is -2.41. The number of carboxylic acid groups (broad SMARTS) is 1. The number of allylic oxidation sites excluding steroid dienone is 1. The van der Waals surface area contributed by atoms with Crippen LogP contribution in [0.4, 0.5) is 4.79 Å². The summed E-state index contributed by atoms with van der Waals surface area (Å²) in [4.78, 5) is 25.1. The molecule has 0 spiro atoms. The van der Waals surface area contributed by atoms with Crippen LogP contribution in [0.2, 0.25) is 5.02 Å². The first kappa shape index (κ1) is 19.3. The standard InChI is InChI=1S/C19H24ClNO4/c1-19(2,3)25-18(24)21-10-8-14(9-11-21)16(12-17(22)23)13-4-6-15(20)7-5-13/h4-7,12,14H,8-11H2,1-3H3,(H,22,23)/b16-12+. The fourth-order valence-corrected chi connectivity index (χ4v) is 3.04. The summed E-state index contributed by atoms with van der Waals surface area (Å²) < 4.78 is 5.40. The van der Waals surface area contributed by atoms with E-state index in [9.17, 15) is 14.7 Å². The van der Waals surface area contributed by atoms with E-state index < -0.39 is 11.6 Å². The maximum atomic E-state index is 12.2. The Morgan fingerprint density at radius 3 is 2.24 bits per heavy atom. The normalized spacial score (nSPS) is 16.6. The van der Waals surface area contributed by atoms with Crippen LogP contribution in [-0.2, 0) is 9.53 Å². The lowest BCUT2D eigenvalue weighted by molar-refractivity contribution is -0.131. The zero-order chi connectivity index (χ0) is 18.6. The van der Waals surface area contributed by atoms with Crippen molar-refractivity contribution < 1.29 is 19.4 Å². The van der Waals surface area contributed by atoms with E-state index in [2.05, 4.69) is 0 Å². The lowest BCUT2D eigenvalue weighted by atomic mass is 9.85. The molecule has 5 nitrogen and oxygen atoms in total. The van der Waals surface area contributed by atoms with Crippen molar-refractivity contribution >= 4 is 29.2 Å². The van der Waals surface area contributed by atoms with Gasteiger partial charge in [0.1, 0.15) is 5.60 Å². The molecule has 1 saturated heterocycles. The minimum Gasteiger partial charge on any atom is -0.478 e. The lowest BCUT2D eigenvalue weighted by Gasteiger charge is -2.34. The minimum atomic E-state index is -0.973. The van der Waals surface area contributed by atoms with Crippen LogP contribution in [-0.4, -0.2) is 40.8 Å². The highest BCUT2D eigenvalue weighted by Gasteiger charge is 2.29. The topological polar surface area (TPSA) is 66.8 Å². The summed E-state index contributed by atoms with van der Waals surface area (Å²) in [7, 11) is 0. The Labute approximate surface area is 153 Å². The first-order valence-electron chi connectivity index (χ1n) is 8.34. The first-order chi connectivity index (χ1) is 11.7. The summed E-state index contributed by atoms with van der Waals surface area (Å²) in [5, 5.41) is 9.82. The molecule has 1 aliphatic heterocycles. The molecule has 0 aromatic heterocycles. The Morgan fingerprint density at radius 2 is 1.76 bits per heavy atom. The molecule has 6 heteroatoms. The third-order valence-corrected chi connectivity index (χ3v) is 4.29. The van der Waals surface area contributed by atoms with E-state index in [4.69, 9.17) is 16.3 Å². The van der Waals surface area contributed by atoms with E-state index in [1.54, 1.807) is 17.0 Å². The Morgan fingerprint density at radius 1 is 1.20 bits per heavy atom. The van der Waals surface area contributed by atoms with Crippen LogP contribution in [0, 0.1) is 5.92 Å². The van der Waals surface area contributed by atoms with E-state index in [1.807, 2.05) is 32.9 Å². The number of carbonyl (C=O) groups is 2. The second-order valence-corrected chi connectivity index (χ2v) is 7.62. The van der Waals surface area contributed by atoms with Gasteiger partial charge in [-0.15, -0.1) is 0 Å². The van der Waals surface area contributed by atoms with Crippen LogP contribution in [0.1, 0.15) is 39.2 Å². The van der Waals surface area contributed by atoms with Gasteiger partial charge in [0.2, 0.25) is 0 Å². The fraction of sp³-hybridized carbons (Fsp3) is 0.474. The molecule has 0 unspecified atom stereocenters. The number of nitrogens with zero attached hydrogens (tertiary/aromatic N) is 1. The maximum absolute atomic E-state index is 12.2. The van der Waals surface area contributed by atoms with Crippen molar-refractivity contribution in [3.63, 3.8) is 0 Å². The van der Waals surface area contributed by atoms with Crippen molar-refractivity contribution in [1.29, 1.82) is 0 Å². The zero-order valence-corrected chi connectivity index (χ0v) is 15.5. The molecule has 1 aliphatic rings. The number of rotatable bonds is 3. The van der Waals surface area contributed by atoms with Crippen molar-refractivity contribution in [2.24, 2.45) is 5.92 Å². The number of hydrogen-bond donors (Lipinski definition) is 1. The molecule has 0 atom stereocenters. The number of ether oxygens (including phenoxy) is 1. The second kappa shape index (κ2) is 7.91. The molecule has 25 heavy (non-hydrogen) atoms. The van der Waals surface area contributed by atoms with Crippen molar-refractivity contribution in [3.05, 3.63) is 40.9 Å². The summed E-state index contributed by atoms with van der Waals surface area (Å²) in [5.41, 5.74) is 1.10. The molecule has 1 amide bonds. The van der Waals surface area contributed by atoms with E-state index in [0.29, 0.717) is 31.0 Å². The van der Waals surface area contributed by atoms with Gasteiger partial charge in [0.05, 0.1) is 0 Å². The SMILES string of the molecule is CC(C)(C)OC(=O)N1CCC(/C(=C/C(=O)O)c2ccc(Cl)cc2)CC1. The zero-order valence-electron chi connectivity index (χ0n) is 14.8. The number of likely N-dealkylation sites (tertiary alicyclic amines) is 1. The van der Waals surface area contributed by atoms with Gasteiger partial charge in [-0.25, -0.2) is 9.59 Å². The summed E-state index contributed by atoms with van der Waals surface area (Å²) in [5.74, 6) is -0.893. The highest BCUT2D eigenvalue weighted by molar-refractivity contribution is 6.30. The van der Waals surface area contributed by atoms with Crippen molar-refractivity contribution in [1.82, 2.24) is 4.90 Å². The minimum absolute atomic E-state index is 0.0796. The molecule has 0 radical (unpaired) electrons. The van der Waals surface area contributed by atoms with Crippen molar-refractivity contribution in [3.8, 4) is 0 Å². The Hall–Kier alpha value is -2.01. The number of halogens is 1. The summed E-state index contributed by atoms with van der Waals surface area (Å²) in [6.07, 6.45) is 2.33. The number of aliphatic carboxylic acids is 1. The fourth-order valence-electron chi connectivity index (χ4n) is 2.91. The molecule has 1 aromatic carbocycles. The van der Waals surface area contributed by atoms with Gasteiger partial charge in [-0.3, -0.25) is 0 Å². The van der Waals surface area contributed by atoms with Gasteiger partial charge in [-0.2, -0.15) is 0 Å². The Bertz CT molecular complexity index is 653. The van der Waals surface area contributed by atoms with E-state index in [0.717, 1.165) is 11.1 Å². The number of hydrogen-bond acceptors (Lipinski definition) is 3. The van der Waals surface area contributed by atoms with Gasteiger partial charge in [0, 0.05) is 24.2 Å². The highest BCUT2D eigenvalue weighted by atomic mass is 35.5. The predicted molar refractivity (Wildman–Crippen MR) is 97.6 cm³/mol. The van der Waals surface area contributed by atoms with E-state index in [-0.39, 0.29) is 12.0 Å². The number of carboxylic acids is 1. The summed E-state index contributed by atoms with van der Waals surface area (Å²) in [6.45, 7) is 6.61. The molecular formula is C19H24ClNO4. The quantitative estimate of drug-likeness (QED) is 0.803. The molecule has 0 aliphatic carbocycles. The molecule has 0 bridgehead atoms. The average molecular weight is 366 g/mol. The second-order valence-electron chi connectivity index (χ2n) is 7.19. The van der Waals surface area contributed by atoms with Crippen LogP contribution in [0.25, 0.3) is 5.57 Å². The number of carbonyl (C=O) groups excluding carboxylic acids is 1. The van der Waals surface area contributed by atoms with Gasteiger partial charge < -0.3 is 14.7 Å². The van der Waals surface area contributed by atoms with Crippen LogP contribution in [0.3, 0.4) is 0 Å². The molecular weight excluding hydrogens is 342 g/mol. The smallest absolute Gasteiger partial charge is 0.410 e. The molecule has 1 N–H and O–H groups in total. The van der Waals surface area contributed by atoms with Crippen LogP contribution in [0.5, 0.6) is 0 Å². The highest BCUT2D eigenvalue weighted by Crippen LogP contribution is 2.33. The monoisotopic (exact) mass is 365 g/mol. The third kappa shape index (κ3) is 5.78. The van der Waals surface area contributed by atoms with Crippen molar-refractivity contribution in [2.45, 2.75) is 39.2 Å². The summed E-state index contributed by atoms with van der Waals surface area (Å²) in [6, 6.07) is 7.17. The predicted octanol–water partition coefficient (Wildman–Crippen LogP) is 4.46. The van der Waals surface area contributed by atoms with Gasteiger partial charge in [-0.05, 0) is 62.8 Å². The molecule has 1 aromatic rings. The maximum Gasteiger partial charge on any atom is 0.410 e. The first-order valence-corrected chi connectivity index (χ1v) is 8.72. The molecule has 1 fully saturated rings. The number of amides is 1. The molecule has 2 rings (SSSR count). The van der Waals surface area contributed by atoms with E-state index >= 15 is 0 Å².